The molecule has 3 fully saturated rings. The molecule has 0 bridgehead atoms. The quantitative estimate of drug-likeness (QED) is 0.821. The molecule has 0 radical (unpaired) electrons. The molecule has 158 valence electrons. The van der Waals surface area contributed by atoms with Crippen LogP contribution in [0.25, 0.3) is 0 Å². The van der Waals surface area contributed by atoms with E-state index in [-0.39, 0.29) is 18.9 Å². The van der Waals surface area contributed by atoms with Gasteiger partial charge in [-0.2, -0.15) is 0 Å². The van der Waals surface area contributed by atoms with Crippen molar-refractivity contribution < 1.29 is 13.9 Å². The van der Waals surface area contributed by atoms with Gasteiger partial charge in [-0.25, -0.2) is 13.8 Å². The van der Waals surface area contributed by atoms with E-state index in [9.17, 15) is 13.9 Å². The number of thiazole rings is 1. The van der Waals surface area contributed by atoms with Crippen LogP contribution in [0.15, 0.2) is 5.38 Å². The Morgan fingerprint density at radius 2 is 1.71 bits per heavy atom. The van der Waals surface area contributed by atoms with Gasteiger partial charge in [-0.1, -0.05) is 0 Å². The first kappa shape index (κ1) is 20.6. The molecule has 1 saturated carbocycles. The van der Waals surface area contributed by atoms with Crippen molar-refractivity contribution in [3.63, 3.8) is 0 Å². The van der Waals surface area contributed by atoms with Crippen molar-refractivity contribution in [1.29, 1.82) is 0 Å². The summed E-state index contributed by atoms with van der Waals surface area (Å²) in [6, 6.07) is 0.243. The summed E-state index contributed by atoms with van der Waals surface area (Å²) in [6.45, 7) is 6.68. The van der Waals surface area contributed by atoms with Crippen molar-refractivity contribution in [3.05, 3.63) is 16.1 Å². The lowest BCUT2D eigenvalue weighted by Gasteiger charge is -2.43. The minimum atomic E-state index is -2.48. The predicted molar refractivity (Wildman–Crippen MR) is 107 cm³/mol. The van der Waals surface area contributed by atoms with Crippen LogP contribution >= 0.6 is 11.3 Å². The van der Waals surface area contributed by atoms with E-state index in [2.05, 4.69) is 21.7 Å². The summed E-state index contributed by atoms with van der Waals surface area (Å²) in [5, 5.41) is 14.3. The highest BCUT2D eigenvalue weighted by Crippen LogP contribution is 2.39. The van der Waals surface area contributed by atoms with Crippen molar-refractivity contribution in [1.82, 2.24) is 19.7 Å². The smallest absolute Gasteiger partial charge is 0.248 e. The number of likely N-dealkylation sites (N-methyl/N-ethyl adjacent to an activating group) is 1. The Bertz CT molecular complexity index is 644. The molecule has 3 heterocycles. The fraction of sp³-hybridized carbons (Fsp3) is 0.850. The molecular weight excluding hydrogens is 382 g/mol. The number of hydrogen-bond donors (Lipinski definition) is 1. The molecule has 1 N–H and O–H groups in total. The molecule has 0 spiro atoms. The fourth-order valence-electron chi connectivity index (χ4n) is 4.70. The molecule has 0 amide bonds. The van der Waals surface area contributed by atoms with Crippen LogP contribution in [0.5, 0.6) is 0 Å². The predicted octanol–water partition coefficient (Wildman–Crippen LogP) is 2.75. The van der Waals surface area contributed by atoms with Crippen LogP contribution in [0.2, 0.25) is 0 Å². The Balaban J connectivity index is 1.30. The highest BCUT2D eigenvalue weighted by molar-refractivity contribution is 7.09. The zero-order valence-electron chi connectivity index (χ0n) is 16.7. The second-order valence-corrected chi connectivity index (χ2v) is 9.80. The number of piperidine rings is 1. The van der Waals surface area contributed by atoms with Gasteiger partial charge in [0.25, 0.3) is 0 Å². The van der Waals surface area contributed by atoms with Crippen LogP contribution in [-0.2, 0) is 12.1 Å². The molecular formula is C20H32F2N4OS. The summed E-state index contributed by atoms with van der Waals surface area (Å²) in [4.78, 5) is 11.8. The van der Waals surface area contributed by atoms with Gasteiger partial charge in [-0.15, -0.1) is 11.3 Å². The molecule has 1 aliphatic carbocycles. The summed E-state index contributed by atoms with van der Waals surface area (Å²) >= 11 is 1.64. The number of aliphatic hydroxyl groups is 1. The third-order valence-corrected chi connectivity index (χ3v) is 7.65. The van der Waals surface area contributed by atoms with Gasteiger partial charge in [-0.05, 0) is 32.7 Å². The summed E-state index contributed by atoms with van der Waals surface area (Å²) in [7, 11) is 2.15. The number of hydrogen-bond acceptors (Lipinski definition) is 6. The normalized spacial score (nSPS) is 27.9. The van der Waals surface area contributed by atoms with Crippen LogP contribution in [0.1, 0.15) is 49.2 Å². The molecule has 5 nitrogen and oxygen atoms in total. The first-order valence-corrected chi connectivity index (χ1v) is 11.4. The average molecular weight is 415 g/mol. The van der Waals surface area contributed by atoms with E-state index in [1.165, 1.54) is 0 Å². The molecule has 0 aromatic carbocycles. The first-order valence-electron chi connectivity index (χ1n) is 10.5. The lowest BCUT2D eigenvalue weighted by Crippen LogP contribution is -2.49. The monoisotopic (exact) mass is 414 g/mol. The molecule has 4 rings (SSSR count). The van der Waals surface area contributed by atoms with Gasteiger partial charge in [0, 0.05) is 63.5 Å². The maximum absolute atomic E-state index is 13.4. The number of alkyl halides is 2. The number of halogens is 2. The Morgan fingerprint density at radius 1 is 1.07 bits per heavy atom. The minimum Gasteiger partial charge on any atom is -0.383 e. The van der Waals surface area contributed by atoms with E-state index in [1.807, 2.05) is 5.38 Å². The molecule has 28 heavy (non-hydrogen) atoms. The number of aromatic nitrogens is 1. The zero-order valence-corrected chi connectivity index (χ0v) is 17.6. The van der Waals surface area contributed by atoms with E-state index < -0.39 is 11.5 Å². The third-order valence-electron chi connectivity index (χ3n) is 6.81. The van der Waals surface area contributed by atoms with E-state index in [0.29, 0.717) is 25.7 Å². The van der Waals surface area contributed by atoms with Gasteiger partial charge in [0.15, 0.2) is 0 Å². The van der Waals surface area contributed by atoms with Gasteiger partial charge in [0.2, 0.25) is 5.92 Å². The maximum atomic E-state index is 13.4. The molecule has 1 aromatic heterocycles. The highest BCUT2D eigenvalue weighted by Gasteiger charge is 2.41. The number of likely N-dealkylation sites (tertiary alicyclic amines) is 1. The Kier molecular flexibility index (Phi) is 6.05. The Hall–Kier alpha value is -0.670. The molecule has 8 heteroatoms. The first-order chi connectivity index (χ1) is 13.3. The SMILES string of the molecule is CN1CCN(Cc2nc(C3(O)CCN(C4CCC(F)(F)CC4)CC3)cs2)CC1. The molecule has 0 atom stereocenters. The number of nitrogens with zero attached hydrogens (tertiary/aromatic N) is 4. The van der Waals surface area contributed by atoms with Crippen LogP contribution in [0.4, 0.5) is 8.78 Å². The summed E-state index contributed by atoms with van der Waals surface area (Å²) < 4.78 is 26.8. The maximum Gasteiger partial charge on any atom is 0.248 e. The zero-order chi connectivity index (χ0) is 19.8. The largest absolute Gasteiger partial charge is 0.383 e. The lowest BCUT2D eigenvalue weighted by molar-refractivity contribution is -0.0751. The van der Waals surface area contributed by atoms with Gasteiger partial charge in [-0.3, -0.25) is 4.90 Å². The summed E-state index contributed by atoms with van der Waals surface area (Å²) in [5.74, 6) is -2.48. The van der Waals surface area contributed by atoms with Crippen molar-refractivity contribution in [2.45, 2.75) is 62.6 Å². The average Bonchev–Trinajstić information content (AvgIpc) is 3.14. The van der Waals surface area contributed by atoms with Gasteiger partial charge in [0.1, 0.15) is 10.6 Å². The van der Waals surface area contributed by atoms with Gasteiger partial charge < -0.3 is 14.9 Å². The van der Waals surface area contributed by atoms with E-state index in [4.69, 9.17) is 4.98 Å². The van der Waals surface area contributed by atoms with Crippen LogP contribution in [0.3, 0.4) is 0 Å². The van der Waals surface area contributed by atoms with Crippen molar-refractivity contribution >= 4 is 11.3 Å². The molecule has 2 saturated heterocycles. The van der Waals surface area contributed by atoms with Gasteiger partial charge in [0.05, 0.1) is 12.2 Å². The van der Waals surface area contributed by atoms with Crippen LogP contribution in [0, 0.1) is 0 Å². The third kappa shape index (κ3) is 4.73. The summed E-state index contributed by atoms with van der Waals surface area (Å²) in [5.41, 5.74) is -0.0668. The standard InChI is InChI=1S/C20H32F2N4OS/c1-24-10-12-25(13-11-24)14-18-23-17(15-28-18)19(27)6-8-26(9-7-19)16-2-4-20(21,22)5-3-16/h15-16,27H,2-14H2,1H3. The van der Waals surface area contributed by atoms with Crippen molar-refractivity contribution in [3.8, 4) is 0 Å². The lowest BCUT2D eigenvalue weighted by atomic mass is 9.85. The molecule has 1 aromatic rings. The van der Waals surface area contributed by atoms with E-state index in [1.54, 1.807) is 11.3 Å². The minimum absolute atomic E-state index is 0.000171. The number of rotatable bonds is 4. The second-order valence-electron chi connectivity index (χ2n) is 8.86. The Morgan fingerprint density at radius 3 is 2.36 bits per heavy atom. The Labute approximate surface area is 170 Å². The van der Waals surface area contributed by atoms with Crippen LogP contribution in [-0.4, -0.2) is 83.1 Å². The van der Waals surface area contributed by atoms with Crippen LogP contribution < -0.4 is 0 Å². The summed E-state index contributed by atoms with van der Waals surface area (Å²) in [6.07, 6.45) is 2.41. The number of piperazine rings is 1. The fourth-order valence-corrected chi connectivity index (χ4v) is 5.63. The van der Waals surface area contributed by atoms with Crippen molar-refractivity contribution in [2.75, 3.05) is 46.3 Å². The molecule has 2 aliphatic heterocycles. The van der Waals surface area contributed by atoms with E-state index in [0.717, 1.165) is 56.5 Å². The topological polar surface area (TPSA) is 42.8 Å². The molecule has 3 aliphatic rings. The van der Waals surface area contributed by atoms with Gasteiger partial charge >= 0.3 is 0 Å². The van der Waals surface area contributed by atoms with E-state index >= 15 is 0 Å². The molecule has 0 unspecified atom stereocenters. The van der Waals surface area contributed by atoms with Crippen molar-refractivity contribution in [2.24, 2.45) is 0 Å². The second kappa shape index (κ2) is 8.22. The highest BCUT2D eigenvalue weighted by atomic mass is 32.1.